The van der Waals surface area contributed by atoms with Crippen molar-refractivity contribution in [1.82, 2.24) is 0 Å². The minimum Gasteiger partial charge on any atom is -0.468 e. The molecule has 0 atom stereocenters. The molecular weight excluding hydrogens is 384 g/mol. The van der Waals surface area contributed by atoms with Gasteiger partial charge in [0.25, 0.3) is 0 Å². The van der Waals surface area contributed by atoms with Gasteiger partial charge in [-0.05, 0) is 25.7 Å². The molecule has 0 bridgehead atoms. The van der Waals surface area contributed by atoms with E-state index in [1.54, 1.807) is 0 Å². The quantitative estimate of drug-likeness (QED) is 0.227. The number of methoxy groups -OCH3 is 2. The fourth-order valence-electron chi connectivity index (χ4n) is 4.10. The van der Waals surface area contributed by atoms with Crippen LogP contribution < -0.4 is 0 Å². The summed E-state index contributed by atoms with van der Waals surface area (Å²) in [6.45, 7) is 0.167. The molecule has 0 amide bonds. The molecule has 2 aliphatic carbocycles. The van der Waals surface area contributed by atoms with Crippen LogP contribution in [0.4, 0.5) is 0 Å². The van der Waals surface area contributed by atoms with Crippen LogP contribution in [0.15, 0.2) is 0 Å². The molecule has 0 aliphatic heterocycles. The third-order valence-corrected chi connectivity index (χ3v) is 5.77. The van der Waals surface area contributed by atoms with E-state index in [0.29, 0.717) is 25.7 Å². The van der Waals surface area contributed by atoms with Gasteiger partial charge in [0.05, 0.1) is 27.4 Å². The highest BCUT2D eigenvalue weighted by molar-refractivity contribution is 6.00. The van der Waals surface area contributed by atoms with E-state index >= 15 is 0 Å². The third kappa shape index (κ3) is 5.07. The van der Waals surface area contributed by atoms with Crippen LogP contribution in [0.5, 0.6) is 0 Å². The van der Waals surface area contributed by atoms with Gasteiger partial charge in [-0.3, -0.25) is 19.2 Å². The Morgan fingerprint density at radius 2 is 0.931 bits per heavy atom. The Morgan fingerprint density at radius 3 is 1.24 bits per heavy atom. The molecule has 0 heterocycles. The largest absolute Gasteiger partial charge is 0.468 e. The SMILES string of the molecule is COC(=O)C1(C(=O)OCCOCCOC(=O)C2(C(=O)OC)CCCC2)CCCC1. The summed E-state index contributed by atoms with van der Waals surface area (Å²) in [7, 11) is 2.52. The molecule has 0 aromatic heterocycles. The predicted octanol–water partition coefficient (Wildman–Crippen LogP) is 1.56. The summed E-state index contributed by atoms with van der Waals surface area (Å²) in [5, 5.41) is 0. The number of esters is 4. The lowest BCUT2D eigenvalue weighted by atomic mass is 9.86. The number of carbonyl (C=O) groups is 4. The molecule has 2 rings (SSSR count). The minimum absolute atomic E-state index is 0.0162. The maximum absolute atomic E-state index is 12.3. The molecule has 2 fully saturated rings. The highest BCUT2D eigenvalue weighted by atomic mass is 16.6. The molecule has 0 radical (unpaired) electrons. The summed E-state index contributed by atoms with van der Waals surface area (Å²) in [6.07, 6.45) is 4.82. The summed E-state index contributed by atoms with van der Waals surface area (Å²) in [4.78, 5) is 48.6. The minimum atomic E-state index is -1.20. The third-order valence-electron chi connectivity index (χ3n) is 5.77. The average molecular weight is 414 g/mol. The van der Waals surface area contributed by atoms with Crippen molar-refractivity contribution in [1.29, 1.82) is 0 Å². The molecular formula is C20H30O9. The Morgan fingerprint density at radius 1 is 0.586 bits per heavy atom. The Balaban J connectivity index is 1.66. The van der Waals surface area contributed by atoms with Crippen molar-refractivity contribution in [2.75, 3.05) is 40.6 Å². The summed E-state index contributed by atoms with van der Waals surface area (Å²) in [6, 6.07) is 0. The normalized spacial score (nSPS) is 19.4. The van der Waals surface area contributed by atoms with Crippen LogP contribution in [0, 0.1) is 10.8 Å². The van der Waals surface area contributed by atoms with E-state index in [4.69, 9.17) is 23.7 Å². The summed E-state index contributed by atoms with van der Waals surface area (Å²) in [5.41, 5.74) is -2.40. The molecule has 0 spiro atoms. The Hall–Kier alpha value is -2.16. The van der Waals surface area contributed by atoms with Crippen LogP contribution in [-0.4, -0.2) is 64.5 Å². The maximum Gasteiger partial charge on any atom is 0.323 e. The number of carbonyl (C=O) groups excluding carboxylic acids is 4. The van der Waals surface area contributed by atoms with E-state index in [1.165, 1.54) is 14.2 Å². The zero-order valence-electron chi connectivity index (χ0n) is 17.2. The molecule has 164 valence electrons. The van der Waals surface area contributed by atoms with Gasteiger partial charge in [0.1, 0.15) is 13.2 Å². The number of hydrogen-bond donors (Lipinski definition) is 0. The van der Waals surface area contributed by atoms with Gasteiger partial charge < -0.3 is 23.7 Å². The smallest absolute Gasteiger partial charge is 0.323 e. The zero-order chi connectivity index (χ0) is 21.3. The van der Waals surface area contributed by atoms with E-state index in [9.17, 15) is 19.2 Å². The summed E-state index contributed by atoms with van der Waals surface area (Å²) < 4.78 is 25.2. The van der Waals surface area contributed by atoms with Gasteiger partial charge in [0.2, 0.25) is 0 Å². The van der Waals surface area contributed by atoms with Crippen LogP contribution >= 0.6 is 0 Å². The van der Waals surface area contributed by atoms with Crippen LogP contribution in [0.25, 0.3) is 0 Å². The summed E-state index contributed by atoms with van der Waals surface area (Å²) >= 11 is 0. The molecule has 9 heteroatoms. The van der Waals surface area contributed by atoms with E-state index in [2.05, 4.69) is 0 Å². The van der Waals surface area contributed by atoms with Crippen molar-refractivity contribution in [3.8, 4) is 0 Å². The highest BCUT2D eigenvalue weighted by Crippen LogP contribution is 2.41. The van der Waals surface area contributed by atoms with Crippen molar-refractivity contribution in [2.45, 2.75) is 51.4 Å². The van der Waals surface area contributed by atoms with Crippen LogP contribution in [0.3, 0.4) is 0 Å². The van der Waals surface area contributed by atoms with Gasteiger partial charge in [-0.25, -0.2) is 0 Å². The second-order valence-corrected chi connectivity index (χ2v) is 7.45. The second kappa shape index (κ2) is 10.6. The van der Waals surface area contributed by atoms with Gasteiger partial charge in [-0.15, -0.1) is 0 Å². The van der Waals surface area contributed by atoms with Gasteiger partial charge in [-0.2, -0.15) is 0 Å². The molecule has 9 nitrogen and oxygen atoms in total. The van der Waals surface area contributed by atoms with Crippen molar-refractivity contribution < 1.29 is 42.9 Å². The first-order valence-corrected chi connectivity index (χ1v) is 10.0. The number of hydrogen-bond acceptors (Lipinski definition) is 9. The number of ether oxygens (including phenoxy) is 5. The topological polar surface area (TPSA) is 114 Å². The van der Waals surface area contributed by atoms with E-state index in [-0.39, 0.29) is 26.4 Å². The van der Waals surface area contributed by atoms with Gasteiger partial charge in [0, 0.05) is 0 Å². The van der Waals surface area contributed by atoms with Crippen LogP contribution in [0.2, 0.25) is 0 Å². The first kappa shape index (κ1) is 23.1. The molecule has 2 aliphatic rings. The lowest BCUT2D eigenvalue weighted by Crippen LogP contribution is -2.40. The fraction of sp³-hybridized carbons (Fsp3) is 0.800. The van der Waals surface area contributed by atoms with Gasteiger partial charge in [-0.1, -0.05) is 25.7 Å². The Labute approximate surface area is 170 Å². The Kier molecular flexibility index (Phi) is 8.43. The Bertz CT molecular complexity index is 549. The van der Waals surface area contributed by atoms with Crippen molar-refractivity contribution in [3.63, 3.8) is 0 Å². The standard InChI is InChI=1S/C20H30O9/c1-25-15(21)19(7-3-4-8-19)17(23)28-13-11-27-12-14-29-18(24)20(16(22)26-2)9-5-6-10-20/h3-14H2,1-2H3. The van der Waals surface area contributed by atoms with E-state index < -0.39 is 34.7 Å². The highest BCUT2D eigenvalue weighted by Gasteiger charge is 2.51. The van der Waals surface area contributed by atoms with Gasteiger partial charge in [0.15, 0.2) is 10.8 Å². The molecule has 0 aromatic rings. The predicted molar refractivity (Wildman–Crippen MR) is 98.6 cm³/mol. The lowest BCUT2D eigenvalue weighted by molar-refractivity contribution is -0.171. The van der Waals surface area contributed by atoms with Crippen LogP contribution in [-0.2, 0) is 42.9 Å². The first-order valence-electron chi connectivity index (χ1n) is 10.0. The van der Waals surface area contributed by atoms with Crippen molar-refractivity contribution in [3.05, 3.63) is 0 Å². The summed E-state index contributed by atoms with van der Waals surface area (Å²) in [5.74, 6) is -2.28. The first-order chi connectivity index (χ1) is 13.9. The molecule has 29 heavy (non-hydrogen) atoms. The lowest BCUT2D eigenvalue weighted by Gasteiger charge is -2.23. The van der Waals surface area contributed by atoms with Crippen LogP contribution in [0.1, 0.15) is 51.4 Å². The number of rotatable bonds is 10. The van der Waals surface area contributed by atoms with Crippen molar-refractivity contribution in [2.24, 2.45) is 10.8 Å². The molecule has 2 saturated carbocycles. The fourth-order valence-corrected chi connectivity index (χ4v) is 4.10. The molecule has 0 aromatic carbocycles. The van der Waals surface area contributed by atoms with Gasteiger partial charge >= 0.3 is 23.9 Å². The maximum atomic E-state index is 12.3. The monoisotopic (exact) mass is 414 g/mol. The van der Waals surface area contributed by atoms with E-state index in [1.807, 2.05) is 0 Å². The molecule has 0 unspecified atom stereocenters. The second-order valence-electron chi connectivity index (χ2n) is 7.45. The molecule has 0 N–H and O–H groups in total. The average Bonchev–Trinajstić information content (AvgIpc) is 3.42. The van der Waals surface area contributed by atoms with Crippen molar-refractivity contribution >= 4 is 23.9 Å². The van der Waals surface area contributed by atoms with E-state index in [0.717, 1.165) is 25.7 Å². The molecule has 0 saturated heterocycles. The zero-order valence-corrected chi connectivity index (χ0v) is 17.2.